The van der Waals surface area contributed by atoms with Crippen LogP contribution in [0.25, 0.3) is 0 Å². The third kappa shape index (κ3) is 2.47. The first kappa shape index (κ1) is 14.2. The SMILES string of the molecule is Cn1nccc(C(=O)N2CC(O)([C@@H]3CCCCN3)C2)c1=O. The second kappa shape index (κ2) is 5.23. The van der Waals surface area contributed by atoms with Crippen LogP contribution >= 0.6 is 0 Å². The van der Waals surface area contributed by atoms with Crippen molar-refractivity contribution in [1.29, 1.82) is 0 Å². The second-order valence-corrected chi connectivity index (χ2v) is 5.94. The van der Waals surface area contributed by atoms with Crippen molar-refractivity contribution in [3.05, 3.63) is 28.2 Å². The molecule has 0 spiro atoms. The quantitative estimate of drug-likeness (QED) is 0.738. The number of nitrogens with one attached hydrogen (secondary N) is 1. The van der Waals surface area contributed by atoms with Gasteiger partial charge >= 0.3 is 0 Å². The number of piperidine rings is 1. The van der Waals surface area contributed by atoms with Gasteiger partial charge in [0.15, 0.2) is 0 Å². The Kier molecular flexibility index (Phi) is 3.54. The van der Waals surface area contributed by atoms with E-state index >= 15 is 0 Å². The van der Waals surface area contributed by atoms with Crippen LogP contribution in [0.3, 0.4) is 0 Å². The predicted octanol–water partition coefficient (Wildman–Crippen LogP) is -0.891. The number of aliphatic hydroxyl groups is 1. The molecule has 21 heavy (non-hydrogen) atoms. The summed E-state index contributed by atoms with van der Waals surface area (Å²) in [6.07, 6.45) is 4.58. The Morgan fingerprint density at radius 1 is 1.48 bits per heavy atom. The minimum atomic E-state index is -0.867. The number of aromatic nitrogens is 2. The summed E-state index contributed by atoms with van der Waals surface area (Å²) in [5.41, 5.74) is -1.17. The average molecular weight is 292 g/mol. The van der Waals surface area contributed by atoms with E-state index in [2.05, 4.69) is 10.4 Å². The Morgan fingerprint density at radius 3 is 2.90 bits per heavy atom. The zero-order chi connectivity index (χ0) is 15.0. The molecule has 2 fully saturated rings. The number of hydrogen-bond acceptors (Lipinski definition) is 5. The lowest BCUT2D eigenvalue weighted by atomic mass is 9.81. The summed E-state index contributed by atoms with van der Waals surface area (Å²) in [6, 6.07) is 1.47. The van der Waals surface area contributed by atoms with Crippen molar-refractivity contribution in [1.82, 2.24) is 20.0 Å². The van der Waals surface area contributed by atoms with Gasteiger partial charge < -0.3 is 15.3 Å². The third-order valence-electron chi connectivity index (χ3n) is 4.41. The number of β-amino-alcohol motifs (C(OH)–C–C–N with tert-alkyl or cyclic N) is 1. The standard InChI is InChI=1S/C14H20N4O3/c1-17-12(19)10(5-7-16-17)13(20)18-8-14(21,9-18)11-4-2-3-6-15-11/h5,7,11,15,21H,2-4,6,8-9H2,1H3/t11-/m0/s1. The van der Waals surface area contributed by atoms with E-state index in [4.69, 9.17) is 0 Å². The molecule has 7 nitrogen and oxygen atoms in total. The molecule has 0 radical (unpaired) electrons. The maximum absolute atomic E-state index is 12.3. The van der Waals surface area contributed by atoms with E-state index in [1.165, 1.54) is 24.2 Å². The normalized spacial score (nSPS) is 24.5. The molecule has 1 amide bonds. The van der Waals surface area contributed by atoms with Crippen molar-refractivity contribution in [2.24, 2.45) is 7.05 Å². The molecule has 2 aliphatic rings. The summed E-state index contributed by atoms with van der Waals surface area (Å²) in [4.78, 5) is 25.7. The molecule has 0 saturated carbocycles. The summed E-state index contributed by atoms with van der Waals surface area (Å²) < 4.78 is 1.14. The van der Waals surface area contributed by atoms with Crippen LogP contribution in [0.5, 0.6) is 0 Å². The topological polar surface area (TPSA) is 87.5 Å². The smallest absolute Gasteiger partial charge is 0.279 e. The maximum Gasteiger partial charge on any atom is 0.279 e. The van der Waals surface area contributed by atoms with Gasteiger partial charge in [-0.1, -0.05) is 6.42 Å². The molecule has 0 unspecified atom stereocenters. The van der Waals surface area contributed by atoms with Crippen LogP contribution in [0.4, 0.5) is 0 Å². The highest BCUT2D eigenvalue weighted by molar-refractivity contribution is 5.94. The first-order valence-corrected chi connectivity index (χ1v) is 7.29. The van der Waals surface area contributed by atoms with Gasteiger partial charge in [0.05, 0.1) is 13.1 Å². The highest BCUT2D eigenvalue weighted by atomic mass is 16.3. The van der Waals surface area contributed by atoms with Gasteiger partial charge in [0.25, 0.3) is 11.5 Å². The molecular formula is C14H20N4O3. The number of carbonyl (C=O) groups is 1. The van der Waals surface area contributed by atoms with Gasteiger partial charge in [0, 0.05) is 19.3 Å². The molecule has 1 atom stereocenters. The zero-order valence-corrected chi connectivity index (χ0v) is 12.1. The van der Waals surface area contributed by atoms with Crippen LogP contribution in [0, 0.1) is 0 Å². The number of amides is 1. The molecule has 2 saturated heterocycles. The van der Waals surface area contributed by atoms with E-state index in [0.717, 1.165) is 30.5 Å². The summed E-state index contributed by atoms with van der Waals surface area (Å²) in [5.74, 6) is -0.335. The Balaban J connectivity index is 1.69. The number of rotatable bonds is 2. The van der Waals surface area contributed by atoms with Crippen molar-refractivity contribution in [2.45, 2.75) is 30.9 Å². The molecule has 3 heterocycles. The van der Waals surface area contributed by atoms with Gasteiger partial charge in [0.1, 0.15) is 11.2 Å². The maximum atomic E-state index is 12.3. The minimum Gasteiger partial charge on any atom is -0.385 e. The van der Waals surface area contributed by atoms with Crippen molar-refractivity contribution < 1.29 is 9.90 Å². The van der Waals surface area contributed by atoms with Gasteiger partial charge in [-0.3, -0.25) is 9.59 Å². The van der Waals surface area contributed by atoms with Crippen molar-refractivity contribution in [3.63, 3.8) is 0 Å². The Bertz CT molecular complexity index is 600. The number of aryl methyl sites for hydroxylation is 1. The van der Waals surface area contributed by atoms with Crippen LogP contribution < -0.4 is 10.9 Å². The van der Waals surface area contributed by atoms with Crippen LogP contribution in [-0.4, -0.2) is 57.0 Å². The Morgan fingerprint density at radius 2 is 2.24 bits per heavy atom. The molecule has 2 aliphatic heterocycles. The number of carbonyl (C=O) groups excluding carboxylic acids is 1. The largest absolute Gasteiger partial charge is 0.385 e. The summed E-state index contributed by atoms with van der Waals surface area (Å²) >= 11 is 0. The van der Waals surface area contributed by atoms with Gasteiger partial charge in [-0.15, -0.1) is 0 Å². The first-order valence-electron chi connectivity index (χ1n) is 7.29. The van der Waals surface area contributed by atoms with Gasteiger partial charge in [-0.2, -0.15) is 5.10 Å². The molecule has 0 aromatic carbocycles. The molecule has 1 aromatic rings. The van der Waals surface area contributed by atoms with Gasteiger partial charge in [-0.25, -0.2) is 4.68 Å². The number of likely N-dealkylation sites (tertiary alicyclic amines) is 1. The molecule has 0 aliphatic carbocycles. The monoisotopic (exact) mass is 292 g/mol. The highest BCUT2D eigenvalue weighted by Gasteiger charge is 2.49. The predicted molar refractivity (Wildman–Crippen MR) is 76.0 cm³/mol. The molecule has 3 rings (SSSR count). The average Bonchev–Trinajstić information content (AvgIpc) is 2.47. The lowest BCUT2D eigenvalue weighted by Crippen LogP contribution is -2.72. The second-order valence-electron chi connectivity index (χ2n) is 5.94. The Labute approximate surface area is 122 Å². The fraction of sp³-hybridized carbons (Fsp3) is 0.643. The molecule has 1 aromatic heterocycles. The van der Waals surface area contributed by atoms with E-state index in [9.17, 15) is 14.7 Å². The summed E-state index contributed by atoms with van der Waals surface area (Å²) in [6.45, 7) is 1.45. The summed E-state index contributed by atoms with van der Waals surface area (Å²) in [7, 11) is 1.51. The van der Waals surface area contributed by atoms with E-state index in [1.54, 1.807) is 0 Å². The Hall–Kier alpha value is -1.73. The van der Waals surface area contributed by atoms with Crippen molar-refractivity contribution >= 4 is 5.91 Å². The fourth-order valence-corrected chi connectivity index (χ4v) is 3.13. The molecule has 114 valence electrons. The van der Waals surface area contributed by atoms with Crippen LogP contribution in [0.15, 0.2) is 17.1 Å². The van der Waals surface area contributed by atoms with Crippen molar-refractivity contribution in [3.8, 4) is 0 Å². The first-order chi connectivity index (χ1) is 10.0. The highest BCUT2D eigenvalue weighted by Crippen LogP contribution is 2.29. The lowest BCUT2D eigenvalue weighted by Gasteiger charge is -2.51. The van der Waals surface area contributed by atoms with Crippen LogP contribution in [-0.2, 0) is 7.05 Å². The van der Waals surface area contributed by atoms with E-state index in [0.29, 0.717) is 0 Å². The zero-order valence-electron chi connectivity index (χ0n) is 12.1. The summed E-state index contributed by atoms with van der Waals surface area (Å²) in [5, 5.41) is 17.7. The van der Waals surface area contributed by atoms with Gasteiger partial charge in [0.2, 0.25) is 0 Å². The molecular weight excluding hydrogens is 272 g/mol. The third-order valence-corrected chi connectivity index (χ3v) is 4.41. The molecule has 2 N–H and O–H groups in total. The molecule has 0 bridgehead atoms. The van der Waals surface area contributed by atoms with E-state index < -0.39 is 11.2 Å². The number of nitrogens with zero attached hydrogens (tertiary/aromatic N) is 3. The van der Waals surface area contributed by atoms with Crippen molar-refractivity contribution in [2.75, 3.05) is 19.6 Å². The molecule has 7 heteroatoms. The van der Waals surface area contributed by atoms with E-state index in [1.807, 2.05) is 0 Å². The minimum absolute atomic E-state index is 0.0376. The number of hydrogen-bond donors (Lipinski definition) is 2. The lowest BCUT2D eigenvalue weighted by molar-refractivity contribution is -0.108. The van der Waals surface area contributed by atoms with Crippen LogP contribution in [0.1, 0.15) is 29.6 Å². The fourth-order valence-electron chi connectivity index (χ4n) is 3.13. The van der Waals surface area contributed by atoms with Gasteiger partial charge in [-0.05, 0) is 25.5 Å². The van der Waals surface area contributed by atoms with Crippen LogP contribution in [0.2, 0.25) is 0 Å². The van der Waals surface area contributed by atoms with E-state index in [-0.39, 0.29) is 30.6 Å².